The van der Waals surface area contributed by atoms with Crippen LogP contribution in [0.5, 0.6) is 5.88 Å². The van der Waals surface area contributed by atoms with Crippen molar-refractivity contribution in [2.75, 3.05) is 25.2 Å². The Kier molecular flexibility index (Phi) is 5.15. The van der Waals surface area contributed by atoms with Gasteiger partial charge in [-0.25, -0.2) is 4.98 Å². The molecule has 2 aromatic heterocycles. The number of rotatable bonds is 6. The normalized spacial score (nSPS) is 28.2. The van der Waals surface area contributed by atoms with Crippen LogP contribution in [-0.2, 0) is 14.9 Å². The van der Waals surface area contributed by atoms with E-state index in [0.717, 1.165) is 22.3 Å². The number of aromatic amines is 1. The Hall–Kier alpha value is -1.77. The summed E-state index contributed by atoms with van der Waals surface area (Å²) < 4.78 is 17.4. The number of aromatic nitrogens is 2. The molecule has 8 heteroatoms. The van der Waals surface area contributed by atoms with Crippen molar-refractivity contribution in [3.05, 3.63) is 47.0 Å². The number of hydrogen-bond acceptors (Lipinski definition) is 6. The zero-order valence-corrected chi connectivity index (χ0v) is 19.3. The standard InChI is InChI=1S/C24H25ClN2O4S/c1-32-12-24(6-7-24)14-4-2-13(3-5-14)21-15(25)8-16-17(27-21)9-20(26-16)31-19-11-30-22-18(28)10-29-23(19)22/h2-5,8-9,18-19,22-23,26,28H,6-7,10-12H2,1H3/t18-,19-,22?,23-/m1/s1. The maximum atomic E-state index is 9.92. The Morgan fingerprint density at radius 1 is 1.19 bits per heavy atom. The molecular weight excluding hydrogens is 448 g/mol. The number of H-pyrrole nitrogens is 1. The molecule has 4 heterocycles. The molecule has 4 atom stereocenters. The van der Waals surface area contributed by atoms with Crippen LogP contribution in [0.15, 0.2) is 36.4 Å². The molecule has 1 unspecified atom stereocenters. The number of hydrogen-bond donors (Lipinski definition) is 2. The number of benzene rings is 1. The van der Waals surface area contributed by atoms with Gasteiger partial charge in [0.05, 0.1) is 35.0 Å². The quantitative estimate of drug-likeness (QED) is 0.560. The molecule has 2 saturated heterocycles. The van der Waals surface area contributed by atoms with E-state index in [2.05, 4.69) is 35.5 Å². The number of thioether (sulfide) groups is 1. The van der Waals surface area contributed by atoms with Crippen molar-refractivity contribution in [2.45, 2.75) is 42.7 Å². The highest BCUT2D eigenvalue weighted by Gasteiger charge is 2.48. The smallest absolute Gasteiger partial charge is 0.193 e. The molecule has 6 nitrogen and oxygen atoms in total. The predicted molar refractivity (Wildman–Crippen MR) is 126 cm³/mol. The van der Waals surface area contributed by atoms with Crippen molar-refractivity contribution < 1.29 is 19.3 Å². The van der Waals surface area contributed by atoms with E-state index < -0.39 is 6.10 Å². The monoisotopic (exact) mass is 472 g/mol. The Morgan fingerprint density at radius 2 is 1.97 bits per heavy atom. The van der Waals surface area contributed by atoms with Gasteiger partial charge in [-0.15, -0.1) is 0 Å². The highest BCUT2D eigenvalue weighted by Crippen LogP contribution is 2.50. The second-order valence-electron chi connectivity index (χ2n) is 9.00. The van der Waals surface area contributed by atoms with Crippen LogP contribution in [-0.4, -0.2) is 64.7 Å². The van der Waals surface area contributed by atoms with E-state index >= 15 is 0 Å². The number of halogens is 1. The first-order chi connectivity index (χ1) is 15.6. The molecule has 3 fully saturated rings. The van der Waals surface area contributed by atoms with Gasteiger partial charge in [-0.05, 0) is 30.7 Å². The van der Waals surface area contributed by atoms with Gasteiger partial charge in [-0.2, -0.15) is 11.8 Å². The zero-order valence-electron chi connectivity index (χ0n) is 17.7. The summed E-state index contributed by atoms with van der Waals surface area (Å²) in [6.45, 7) is 0.658. The van der Waals surface area contributed by atoms with Gasteiger partial charge in [-0.3, -0.25) is 0 Å². The number of ether oxygens (including phenoxy) is 3. The topological polar surface area (TPSA) is 76.6 Å². The molecular formula is C24H25ClN2O4S. The summed E-state index contributed by atoms with van der Waals surface area (Å²) in [6.07, 6.45) is 3.25. The Morgan fingerprint density at radius 3 is 2.72 bits per heavy atom. The summed E-state index contributed by atoms with van der Waals surface area (Å²) in [5, 5.41) is 10.5. The summed E-state index contributed by atoms with van der Waals surface area (Å²) >= 11 is 8.52. The van der Waals surface area contributed by atoms with Gasteiger partial charge >= 0.3 is 0 Å². The van der Waals surface area contributed by atoms with Gasteiger partial charge in [0.2, 0.25) is 0 Å². The van der Waals surface area contributed by atoms with Crippen LogP contribution >= 0.6 is 23.4 Å². The average Bonchev–Trinajstić information content (AvgIpc) is 3.11. The maximum Gasteiger partial charge on any atom is 0.193 e. The SMILES string of the molecule is CSCC1(c2ccc(-c3nc4cc(O[C@@H]5COC6[C@H](O)CO[C@@H]65)[nH]c4cc3Cl)cc2)CC1. The second-order valence-corrected chi connectivity index (χ2v) is 10.3. The molecule has 6 rings (SSSR count). The molecule has 1 saturated carbocycles. The van der Waals surface area contributed by atoms with Crippen LogP contribution in [0.2, 0.25) is 5.02 Å². The Labute approximate surface area is 195 Å². The van der Waals surface area contributed by atoms with Crippen LogP contribution in [0.4, 0.5) is 0 Å². The molecule has 0 amide bonds. The van der Waals surface area contributed by atoms with E-state index in [4.69, 9.17) is 30.8 Å². The van der Waals surface area contributed by atoms with Crippen molar-refractivity contribution in [1.29, 1.82) is 0 Å². The molecule has 1 aliphatic carbocycles. The first-order valence-electron chi connectivity index (χ1n) is 10.9. The fourth-order valence-electron chi connectivity index (χ4n) is 4.91. The molecule has 1 aromatic carbocycles. The molecule has 0 radical (unpaired) electrons. The van der Waals surface area contributed by atoms with Crippen LogP contribution in [0.25, 0.3) is 22.3 Å². The van der Waals surface area contributed by atoms with Crippen LogP contribution in [0, 0.1) is 0 Å². The highest BCUT2D eigenvalue weighted by atomic mass is 35.5. The minimum atomic E-state index is -0.596. The van der Waals surface area contributed by atoms with Gasteiger partial charge in [-0.1, -0.05) is 35.9 Å². The van der Waals surface area contributed by atoms with E-state index in [0.29, 0.717) is 22.9 Å². The predicted octanol–water partition coefficient (Wildman–Crippen LogP) is 4.18. The summed E-state index contributed by atoms with van der Waals surface area (Å²) in [7, 11) is 0. The third-order valence-corrected chi connectivity index (χ3v) is 7.97. The number of fused-ring (bicyclic) bond motifs is 2. The van der Waals surface area contributed by atoms with Gasteiger partial charge in [0.15, 0.2) is 12.0 Å². The van der Waals surface area contributed by atoms with Crippen LogP contribution in [0.1, 0.15) is 18.4 Å². The van der Waals surface area contributed by atoms with Crippen molar-refractivity contribution >= 4 is 34.4 Å². The zero-order chi connectivity index (χ0) is 21.9. The molecule has 32 heavy (non-hydrogen) atoms. The fourth-order valence-corrected chi connectivity index (χ4v) is 6.17. The number of pyridine rings is 1. The highest BCUT2D eigenvalue weighted by molar-refractivity contribution is 7.98. The lowest BCUT2D eigenvalue weighted by Crippen LogP contribution is -2.34. The minimum Gasteiger partial charge on any atom is -0.470 e. The third kappa shape index (κ3) is 3.51. The first-order valence-corrected chi connectivity index (χ1v) is 12.7. The van der Waals surface area contributed by atoms with Crippen LogP contribution < -0.4 is 4.74 Å². The van der Waals surface area contributed by atoms with Crippen molar-refractivity contribution in [3.8, 4) is 17.1 Å². The van der Waals surface area contributed by atoms with E-state index in [-0.39, 0.29) is 24.9 Å². The van der Waals surface area contributed by atoms with Crippen molar-refractivity contribution in [2.24, 2.45) is 0 Å². The van der Waals surface area contributed by atoms with E-state index in [9.17, 15) is 5.11 Å². The first kappa shape index (κ1) is 20.8. The lowest BCUT2D eigenvalue weighted by atomic mass is 9.96. The van der Waals surface area contributed by atoms with E-state index in [1.807, 2.05) is 23.9 Å². The fraction of sp³-hybridized carbons (Fsp3) is 0.458. The van der Waals surface area contributed by atoms with Gasteiger partial charge in [0.1, 0.15) is 18.3 Å². The number of nitrogens with one attached hydrogen (secondary N) is 1. The molecule has 2 N–H and O–H groups in total. The van der Waals surface area contributed by atoms with Gasteiger partial charge in [0, 0.05) is 22.8 Å². The Bertz CT molecular complexity index is 1150. The van der Waals surface area contributed by atoms with Crippen LogP contribution in [0.3, 0.4) is 0 Å². The van der Waals surface area contributed by atoms with E-state index in [1.54, 1.807) is 0 Å². The molecule has 3 aromatic rings. The summed E-state index contributed by atoms with van der Waals surface area (Å²) in [6, 6.07) is 12.5. The minimum absolute atomic E-state index is 0.261. The largest absolute Gasteiger partial charge is 0.470 e. The molecule has 0 spiro atoms. The molecule has 3 aliphatic rings. The summed E-state index contributed by atoms with van der Waals surface area (Å²) in [5.74, 6) is 1.75. The number of nitrogens with zero attached hydrogens (tertiary/aromatic N) is 1. The Balaban J connectivity index is 1.24. The average molecular weight is 473 g/mol. The molecule has 168 valence electrons. The number of aliphatic hydroxyl groups is 1. The third-order valence-electron chi connectivity index (χ3n) is 6.84. The number of aliphatic hydroxyl groups excluding tert-OH is 1. The van der Waals surface area contributed by atoms with E-state index in [1.165, 1.54) is 24.2 Å². The van der Waals surface area contributed by atoms with Gasteiger partial charge in [0.25, 0.3) is 0 Å². The summed E-state index contributed by atoms with van der Waals surface area (Å²) in [4.78, 5) is 8.05. The van der Waals surface area contributed by atoms with Crippen molar-refractivity contribution in [1.82, 2.24) is 9.97 Å². The van der Waals surface area contributed by atoms with Gasteiger partial charge < -0.3 is 24.3 Å². The molecule has 0 bridgehead atoms. The molecule has 2 aliphatic heterocycles. The summed E-state index contributed by atoms with van der Waals surface area (Å²) in [5.41, 5.74) is 5.12. The lowest BCUT2D eigenvalue weighted by Gasteiger charge is -2.16. The van der Waals surface area contributed by atoms with Crippen molar-refractivity contribution in [3.63, 3.8) is 0 Å². The lowest BCUT2D eigenvalue weighted by molar-refractivity contribution is 0.00794. The maximum absolute atomic E-state index is 9.92. The second kappa shape index (κ2) is 7.92.